The molecule has 0 aliphatic heterocycles. The molecule has 0 unspecified atom stereocenters. The van der Waals surface area contributed by atoms with E-state index in [4.69, 9.17) is 16.6 Å². The van der Waals surface area contributed by atoms with Crippen LogP contribution in [0.2, 0.25) is 0 Å². The highest BCUT2D eigenvalue weighted by molar-refractivity contribution is 7.71. The lowest BCUT2D eigenvalue weighted by Gasteiger charge is -2.01. The van der Waals surface area contributed by atoms with Crippen molar-refractivity contribution in [3.05, 3.63) is 45.2 Å². The molecule has 6 heteroatoms. The number of hydrogen-bond acceptors (Lipinski definition) is 4. The Bertz CT molecular complexity index is 596. The molecule has 1 N–H and O–H groups in total. The van der Waals surface area contributed by atoms with Crippen LogP contribution >= 0.6 is 12.2 Å². The SMILES string of the molecule is CCc1cnc(Cn2ccc(=O)[nH]c2=S)o1. The Morgan fingerprint density at radius 1 is 1.62 bits per heavy atom. The first-order valence-corrected chi connectivity index (χ1v) is 5.33. The lowest BCUT2D eigenvalue weighted by atomic mass is 10.4. The first-order valence-electron chi connectivity index (χ1n) is 4.92. The monoisotopic (exact) mass is 237 g/mol. The van der Waals surface area contributed by atoms with Crippen LogP contribution < -0.4 is 5.56 Å². The van der Waals surface area contributed by atoms with Crippen molar-refractivity contribution in [2.24, 2.45) is 0 Å². The summed E-state index contributed by atoms with van der Waals surface area (Å²) in [7, 11) is 0. The van der Waals surface area contributed by atoms with Gasteiger partial charge in [-0.05, 0) is 12.2 Å². The Morgan fingerprint density at radius 3 is 3.06 bits per heavy atom. The molecule has 16 heavy (non-hydrogen) atoms. The molecule has 0 radical (unpaired) electrons. The largest absolute Gasteiger partial charge is 0.444 e. The van der Waals surface area contributed by atoms with Gasteiger partial charge in [-0.2, -0.15) is 0 Å². The average Bonchev–Trinajstić information content (AvgIpc) is 2.70. The van der Waals surface area contributed by atoms with Crippen molar-refractivity contribution in [3.63, 3.8) is 0 Å². The molecule has 5 nitrogen and oxygen atoms in total. The number of nitrogens with one attached hydrogen (secondary N) is 1. The van der Waals surface area contributed by atoms with Crippen LogP contribution in [0.5, 0.6) is 0 Å². The topological polar surface area (TPSA) is 63.8 Å². The highest BCUT2D eigenvalue weighted by atomic mass is 32.1. The van der Waals surface area contributed by atoms with E-state index in [1.165, 1.54) is 6.07 Å². The van der Waals surface area contributed by atoms with Gasteiger partial charge in [0.2, 0.25) is 5.89 Å². The fraction of sp³-hybridized carbons (Fsp3) is 0.300. The van der Waals surface area contributed by atoms with Gasteiger partial charge in [0, 0.05) is 18.7 Å². The van der Waals surface area contributed by atoms with E-state index in [0.29, 0.717) is 17.2 Å². The maximum atomic E-state index is 11.0. The number of H-pyrrole nitrogens is 1. The van der Waals surface area contributed by atoms with Crippen LogP contribution in [0, 0.1) is 4.77 Å². The summed E-state index contributed by atoms with van der Waals surface area (Å²) in [6, 6.07) is 1.42. The third-order valence-electron chi connectivity index (χ3n) is 2.15. The second kappa shape index (κ2) is 4.44. The molecule has 0 atom stereocenters. The van der Waals surface area contributed by atoms with E-state index in [0.717, 1.165) is 12.2 Å². The van der Waals surface area contributed by atoms with Crippen molar-refractivity contribution in [2.75, 3.05) is 0 Å². The Balaban J connectivity index is 2.27. The summed E-state index contributed by atoms with van der Waals surface area (Å²) in [5.41, 5.74) is -0.206. The molecule has 0 saturated carbocycles. The zero-order valence-corrected chi connectivity index (χ0v) is 9.58. The molecule has 0 fully saturated rings. The predicted octanol–water partition coefficient (Wildman–Crippen LogP) is 1.50. The van der Waals surface area contributed by atoms with Crippen molar-refractivity contribution in [3.8, 4) is 0 Å². The molecule has 2 aromatic heterocycles. The minimum atomic E-state index is -0.206. The minimum absolute atomic E-state index is 0.206. The number of hydrogen-bond donors (Lipinski definition) is 1. The first-order chi connectivity index (χ1) is 7.69. The lowest BCUT2D eigenvalue weighted by molar-refractivity contribution is 0.443. The average molecular weight is 237 g/mol. The maximum absolute atomic E-state index is 11.0. The zero-order valence-electron chi connectivity index (χ0n) is 8.77. The Morgan fingerprint density at radius 2 is 2.44 bits per heavy atom. The maximum Gasteiger partial charge on any atom is 0.251 e. The van der Waals surface area contributed by atoms with Crippen LogP contribution in [0.4, 0.5) is 0 Å². The molecule has 0 aliphatic carbocycles. The summed E-state index contributed by atoms with van der Waals surface area (Å²) in [5.74, 6) is 1.42. The smallest absolute Gasteiger partial charge is 0.251 e. The van der Waals surface area contributed by atoms with E-state index in [9.17, 15) is 4.79 Å². The van der Waals surface area contributed by atoms with Gasteiger partial charge in [-0.3, -0.25) is 9.78 Å². The molecule has 0 bridgehead atoms. The number of aryl methyl sites for hydroxylation is 1. The van der Waals surface area contributed by atoms with Gasteiger partial charge >= 0.3 is 0 Å². The number of aromatic amines is 1. The third kappa shape index (κ3) is 2.27. The standard InChI is InChI=1S/C10H11N3O2S/c1-2-7-5-11-9(15-7)6-13-4-3-8(14)12-10(13)16/h3-5H,2,6H2,1H3,(H,12,14,16). The number of aromatic nitrogens is 3. The zero-order chi connectivity index (χ0) is 11.5. The summed E-state index contributed by atoms with van der Waals surface area (Å²) in [6.07, 6.45) is 4.13. The molecule has 0 aromatic carbocycles. The van der Waals surface area contributed by atoms with Crippen LogP contribution in [-0.4, -0.2) is 14.5 Å². The number of nitrogens with zero attached hydrogens (tertiary/aromatic N) is 2. The fourth-order valence-corrected chi connectivity index (χ4v) is 1.53. The van der Waals surface area contributed by atoms with Gasteiger partial charge in [-0.25, -0.2) is 4.98 Å². The normalized spacial score (nSPS) is 10.6. The van der Waals surface area contributed by atoms with Crippen LogP contribution in [0.1, 0.15) is 18.6 Å². The van der Waals surface area contributed by atoms with E-state index in [2.05, 4.69) is 9.97 Å². The molecule has 2 aromatic rings. The van der Waals surface area contributed by atoms with Crippen molar-refractivity contribution in [2.45, 2.75) is 19.9 Å². The molecule has 2 heterocycles. The summed E-state index contributed by atoms with van der Waals surface area (Å²) < 4.78 is 7.51. The van der Waals surface area contributed by atoms with Crippen molar-refractivity contribution in [1.82, 2.24) is 14.5 Å². The summed E-state index contributed by atoms with van der Waals surface area (Å²) in [6.45, 7) is 2.42. The molecule has 0 aliphatic rings. The Kier molecular flexibility index (Phi) is 3.00. The second-order valence-corrected chi connectivity index (χ2v) is 3.70. The Hall–Kier alpha value is -1.69. The number of oxazole rings is 1. The quantitative estimate of drug-likeness (QED) is 0.822. The van der Waals surface area contributed by atoms with Gasteiger partial charge in [-0.15, -0.1) is 0 Å². The van der Waals surface area contributed by atoms with Crippen LogP contribution in [0.25, 0.3) is 0 Å². The van der Waals surface area contributed by atoms with Gasteiger partial charge in [0.05, 0.1) is 6.20 Å². The van der Waals surface area contributed by atoms with E-state index < -0.39 is 0 Å². The highest BCUT2D eigenvalue weighted by Crippen LogP contribution is 2.05. The summed E-state index contributed by atoms with van der Waals surface area (Å²) in [5, 5.41) is 0. The highest BCUT2D eigenvalue weighted by Gasteiger charge is 2.03. The van der Waals surface area contributed by atoms with Gasteiger partial charge in [0.25, 0.3) is 5.56 Å². The molecule has 2 rings (SSSR count). The molecule has 0 amide bonds. The summed E-state index contributed by atoms with van der Waals surface area (Å²) in [4.78, 5) is 17.6. The summed E-state index contributed by atoms with van der Waals surface area (Å²) >= 11 is 5.01. The molecular formula is C10H11N3O2S. The van der Waals surface area contributed by atoms with E-state index in [-0.39, 0.29) is 5.56 Å². The van der Waals surface area contributed by atoms with Crippen molar-refractivity contribution >= 4 is 12.2 Å². The van der Waals surface area contributed by atoms with Crippen LogP contribution in [-0.2, 0) is 13.0 Å². The van der Waals surface area contributed by atoms with Crippen molar-refractivity contribution in [1.29, 1.82) is 0 Å². The second-order valence-electron chi connectivity index (χ2n) is 3.31. The lowest BCUT2D eigenvalue weighted by Crippen LogP contribution is -2.11. The third-order valence-corrected chi connectivity index (χ3v) is 2.49. The molecular weight excluding hydrogens is 226 g/mol. The molecule has 84 valence electrons. The van der Waals surface area contributed by atoms with E-state index in [1.807, 2.05) is 6.92 Å². The van der Waals surface area contributed by atoms with E-state index in [1.54, 1.807) is 17.0 Å². The van der Waals surface area contributed by atoms with Crippen LogP contribution in [0.3, 0.4) is 0 Å². The van der Waals surface area contributed by atoms with Crippen molar-refractivity contribution < 1.29 is 4.42 Å². The molecule has 0 saturated heterocycles. The van der Waals surface area contributed by atoms with Gasteiger partial charge < -0.3 is 8.98 Å². The Labute approximate surface area is 96.8 Å². The molecule has 0 spiro atoms. The first kappa shape index (κ1) is 10.8. The van der Waals surface area contributed by atoms with E-state index >= 15 is 0 Å². The van der Waals surface area contributed by atoms with Gasteiger partial charge in [-0.1, -0.05) is 6.92 Å². The van der Waals surface area contributed by atoms with Gasteiger partial charge in [0.15, 0.2) is 4.77 Å². The number of rotatable bonds is 3. The fourth-order valence-electron chi connectivity index (χ4n) is 1.30. The minimum Gasteiger partial charge on any atom is -0.444 e. The van der Waals surface area contributed by atoms with Gasteiger partial charge in [0.1, 0.15) is 12.3 Å². The van der Waals surface area contributed by atoms with Crippen LogP contribution in [0.15, 0.2) is 27.7 Å². The predicted molar refractivity (Wildman–Crippen MR) is 60.9 cm³/mol.